The van der Waals surface area contributed by atoms with E-state index in [0.717, 1.165) is 0 Å². The molecule has 0 bridgehead atoms. The maximum Gasteiger partial charge on any atom is 0.312 e. The van der Waals surface area contributed by atoms with Crippen LogP contribution >= 0.6 is 15.9 Å². The highest BCUT2D eigenvalue weighted by Crippen LogP contribution is 2.30. The van der Waals surface area contributed by atoms with Gasteiger partial charge in [-0.2, -0.15) is 0 Å². The summed E-state index contributed by atoms with van der Waals surface area (Å²) in [4.78, 5) is 10.2. The average Bonchev–Trinajstić information content (AvgIpc) is 2.26. The number of ether oxygens (including phenoxy) is 1. The molecule has 0 saturated carbocycles. The lowest BCUT2D eigenvalue weighted by atomic mass is 10.3. The molecular weight excluding hydrogens is 278 g/mol. The summed E-state index contributed by atoms with van der Waals surface area (Å²) >= 11 is 3.16. The van der Waals surface area contributed by atoms with Crippen LogP contribution in [0.5, 0.6) is 5.75 Å². The van der Waals surface area contributed by atoms with Crippen molar-refractivity contribution in [2.45, 2.75) is 12.8 Å². The number of unbranched alkanes of at least 4 members (excludes halogenated alkanes) is 1. The van der Waals surface area contributed by atoms with Crippen LogP contribution in [0.15, 0.2) is 22.7 Å². The highest BCUT2D eigenvalue weighted by Gasteiger charge is 2.15. The molecule has 0 aliphatic heterocycles. The predicted octanol–water partition coefficient (Wildman–Crippen LogP) is 2.51. The molecule has 1 aromatic rings. The molecule has 1 aromatic carbocycles. The molecule has 5 nitrogen and oxygen atoms in total. The molecule has 0 radical (unpaired) electrons. The van der Waals surface area contributed by atoms with Gasteiger partial charge in [-0.1, -0.05) is 15.9 Å². The van der Waals surface area contributed by atoms with Gasteiger partial charge in [-0.25, -0.2) is 0 Å². The molecular formula is C10H12BrNO4. The predicted molar refractivity (Wildman–Crippen MR) is 62.6 cm³/mol. The van der Waals surface area contributed by atoms with Gasteiger partial charge in [0, 0.05) is 17.1 Å². The first-order valence-electron chi connectivity index (χ1n) is 4.82. The number of aliphatic hydroxyl groups excluding tert-OH is 1. The van der Waals surface area contributed by atoms with E-state index in [-0.39, 0.29) is 18.0 Å². The van der Waals surface area contributed by atoms with Gasteiger partial charge in [-0.15, -0.1) is 0 Å². The monoisotopic (exact) mass is 289 g/mol. The first-order valence-corrected chi connectivity index (χ1v) is 5.62. The van der Waals surface area contributed by atoms with Crippen LogP contribution in [0.25, 0.3) is 0 Å². The zero-order chi connectivity index (χ0) is 12.0. The van der Waals surface area contributed by atoms with Crippen molar-refractivity contribution in [3.05, 3.63) is 32.8 Å². The number of halogens is 1. The van der Waals surface area contributed by atoms with Crippen molar-refractivity contribution in [3.8, 4) is 5.75 Å². The summed E-state index contributed by atoms with van der Waals surface area (Å²) in [5, 5.41) is 19.3. The number of nitro groups is 1. The number of aliphatic hydroxyl groups is 1. The van der Waals surface area contributed by atoms with Crippen molar-refractivity contribution >= 4 is 21.6 Å². The van der Waals surface area contributed by atoms with Crippen molar-refractivity contribution in [2.24, 2.45) is 0 Å². The van der Waals surface area contributed by atoms with Crippen LogP contribution in [0.3, 0.4) is 0 Å². The minimum atomic E-state index is -0.480. The Kier molecular flexibility index (Phi) is 5.21. The van der Waals surface area contributed by atoms with Gasteiger partial charge < -0.3 is 9.84 Å². The highest BCUT2D eigenvalue weighted by atomic mass is 79.9. The van der Waals surface area contributed by atoms with Crippen LogP contribution in [0.4, 0.5) is 5.69 Å². The lowest BCUT2D eigenvalue weighted by Crippen LogP contribution is -2.01. The van der Waals surface area contributed by atoms with E-state index in [9.17, 15) is 10.1 Å². The molecule has 0 aliphatic rings. The van der Waals surface area contributed by atoms with Crippen molar-refractivity contribution in [2.75, 3.05) is 13.2 Å². The van der Waals surface area contributed by atoms with E-state index in [2.05, 4.69) is 15.9 Å². The summed E-state index contributed by atoms with van der Waals surface area (Å²) < 4.78 is 5.92. The number of hydrogen-bond acceptors (Lipinski definition) is 4. The molecule has 1 N–H and O–H groups in total. The van der Waals surface area contributed by atoms with E-state index in [1.807, 2.05) is 0 Å². The standard InChI is InChI=1S/C10H12BrNO4/c11-8-3-4-10(9(7-8)12(14)15)16-6-2-1-5-13/h3-4,7,13H,1-2,5-6H2. The first-order chi connectivity index (χ1) is 7.65. The molecule has 0 fully saturated rings. The van der Waals surface area contributed by atoms with Crippen molar-refractivity contribution in [1.82, 2.24) is 0 Å². The summed E-state index contributed by atoms with van der Waals surface area (Å²) in [7, 11) is 0. The zero-order valence-corrected chi connectivity index (χ0v) is 10.1. The molecule has 0 spiro atoms. The third-order valence-electron chi connectivity index (χ3n) is 1.93. The second-order valence-corrected chi connectivity index (χ2v) is 4.06. The Morgan fingerprint density at radius 2 is 2.19 bits per heavy atom. The Balaban J connectivity index is 2.67. The number of nitro benzene ring substituents is 1. The van der Waals surface area contributed by atoms with Crippen LogP contribution in [0.2, 0.25) is 0 Å². The Labute approximate surface area is 101 Å². The average molecular weight is 290 g/mol. The van der Waals surface area contributed by atoms with Gasteiger partial charge in [0.05, 0.1) is 11.5 Å². The van der Waals surface area contributed by atoms with Crippen molar-refractivity contribution in [1.29, 1.82) is 0 Å². The molecule has 0 heterocycles. The summed E-state index contributed by atoms with van der Waals surface area (Å²) in [6.07, 6.45) is 1.30. The Morgan fingerprint density at radius 3 is 2.81 bits per heavy atom. The fourth-order valence-corrected chi connectivity index (χ4v) is 1.50. The molecule has 0 atom stereocenters. The molecule has 0 aliphatic carbocycles. The van der Waals surface area contributed by atoms with Gasteiger partial charge in [-0.3, -0.25) is 10.1 Å². The quantitative estimate of drug-likeness (QED) is 0.496. The molecule has 0 amide bonds. The van der Waals surface area contributed by atoms with Crippen molar-refractivity contribution in [3.63, 3.8) is 0 Å². The van der Waals surface area contributed by atoms with Crippen molar-refractivity contribution < 1.29 is 14.8 Å². The third kappa shape index (κ3) is 3.79. The van der Waals surface area contributed by atoms with Gasteiger partial charge >= 0.3 is 5.69 Å². The summed E-state index contributed by atoms with van der Waals surface area (Å²) in [5.74, 6) is 0.256. The van der Waals surface area contributed by atoms with Crippen LogP contribution in [0.1, 0.15) is 12.8 Å². The van der Waals surface area contributed by atoms with Gasteiger partial charge in [0.2, 0.25) is 0 Å². The normalized spacial score (nSPS) is 10.1. The molecule has 88 valence electrons. The largest absolute Gasteiger partial charge is 0.487 e. The smallest absolute Gasteiger partial charge is 0.312 e. The second kappa shape index (κ2) is 6.44. The first kappa shape index (κ1) is 12.9. The van der Waals surface area contributed by atoms with E-state index < -0.39 is 4.92 Å². The molecule has 1 rings (SSSR count). The van der Waals surface area contributed by atoms with Crippen LogP contribution < -0.4 is 4.74 Å². The Hall–Kier alpha value is -1.14. The molecule has 0 unspecified atom stereocenters. The molecule has 0 saturated heterocycles. The summed E-state index contributed by atoms with van der Waals surface area (Å²) in [6.45, 7) is 0.467. The maximum absolute atomic E-state index is 10.7. The van der Waals surface area contributed by atoms with E-state index in [1.54, 1.807) is 12.1 Å². The van der Waals surface area contributed by atoms with Gasteiger partial charge in [0.25, 0.3) is 0 Å². The van der Waals surface area contributed by atoms with Crippen LogP contribution in [0, 0.1) is 10.1 Å². The molecule has 6 heteroatoms. The van der Waals surface area contributed by atoms with Crippen LogP contribution in [-0.4, -0.2) is 23.2 Å². The SMILES string of the molecule is O=[N+]([O-])c1cc(Br)ccc1OCCCCO. The topological polar surface area (TPSA) is 72.6 Å². The Morgan fingerprint density at radius 1 is 1.44 bits per heavy atom. The number of rotatable bonds is 6. The summed E-state index contributed by atoms with van der Waals surface area (Å²) in [5.41, 5.74) is -0.0571. The van der Waals surface area contributed by atoms with E-state index in [4.69, 9.17) is 9.84 Å². The molecule has 0 aromatic heterocycles. The molecule has 16 heavy (non-hydrogen) atoms. The fourth-order valence-electron chi connectivity index (χ4n) is 1.15. The number of hydrogen-bond donors (Lipinski definition) is 1. The number of benzene rings is 1. The fraction of sp³-hybridized carbons (Fsp3) is 0.400. The van der Waals surface area contributed by atoms with E-state index in [0.29, 0.717) is 23.9 Å². The van der Waals surface area contributed by atoms with Gasteiger partial charge in [-0.05, 0) is 25.0 Å². The van der Waals surface area contributed by atoms with Crippen LogP contribution in [-0.2, 0) is 0 Å². The lowest BCUT2D eigenvalue weighted by molar-refractivity contribution is -0.385. The Bertz CT molecular complexity index is 370. The zero-order valence-electron chi connectivity index (χ0n) is 8.56. The third-order valence-corrected chi connectivity index (χ3v) is 2.42. The number of nitrogens with zero attached hydrogens (tertiary/aromatic N) is 1. The van der Waals surface area contributed by atoms with E-state index in [1.165, 1.54) is 6.07 Å². The minimum Gasteiger partial charge on any atom is -0.487 e. The summed E-state index contributed by atoms with van der Waals surface area (Å²) in [6, 6.07) is 4.65. The van der Waals surface area contributed by atoms with E-state index >= 15 is 0 Å². The lowest BCUT2D eigenvalue weighted by Gasteiger charge is -2.06. The maximum atomic E-state index is 10.7. The minimum absolute atomic E-state index is 0.0571. The van der Waals surface area contributed by atoms with Gasteiger partial charge in [0.15, 0.2) is 5.75 Å². The highest BCUT2D eigenvalue weighted by molar-refractivity contribution is 9.10. The van der Waals surface area contributed by atoms with Gasteiger partial charge in [0.1, 0.15) is 0 Å². The second-order valence-electron chi connectivity index (χ2n) is 3.15.